The molecule has 0 heterocycles. The van der Waals surface area contributed by atoms with E-state index in [0.29, 0.717) is 17.1 Å². The van der Waals surface area contributed by atoms with Crippen LogP contribution in [-0.2, 0) is 16.0 Å². The first-order valence-electron chi connectivity index (χ1n) is 8.60. The summed E-state index contributed by atoms with van der Waals surface area (Å²) >= 11 is 0. The second-order valence-corrected chi connectivity index (χ2v) is 5.94. The minimum Gasteiger partial charge on any atom is -0.495 e. The second-order valence-electron chi connectivity index (χ2n) is 5.94. The molecule has 0 atom stereocenters. The van der Waals surface area contributed by atoms with Crippen molar-refractivity contribution in [2.24, 2.45) is 0 Å². The Labute approximate surface area is 153 Å². The van der Waals surface area contributed by atoms with Gasteiger partial charge in [0, 0.05) is 18.3 Å². The van der Waals surface area contributed by atoms with Gasteiger partial charge < -0.3 is 20.7 Å². The number of aryl methyl sites for hydroxylation is 1. The van der Waals surface area contributed by atoms with Crippen LogP contribution in [0.3, 0.4) is 0 Å². The summed E-state index contributed by atoms with van der Waals surface area (Å²) in [4.78, 5) is 23.4. The average molecular weight is 355 g/mol. The van der Waals surface area contributed by atoms with Gasteiger partial charge in [-0.15, -0.1) is 0 Å². The number of carbonyl (C=O) groups excluding carboxylic acids is 2. The molecular weight excluding hydrogens is 330 g/mol. The van der Waals surface area contributed by atoms with E-state index in [1.807, 2.05) is 24.3 Å². The van der Waals surface area contributed by atoms with Crippen LogP contribution in [0.2, 0.25) is 0 Å². The molecule has 2 aromatic rings. The number of nitrogens with one attached hydrogen (secondary N) is 3. The SMILES string of the molecule is CCCc1ccc(NC(=O)CNc2cc(NC(C)=O)ccc2OC)cc1. The summed E-state index contributed by atoms with van der Waals surface area (Å²) in [5.74, 6) is 0.265. The first-order valence-corrected chi connectivity index (χ1v) is 8.60. The third-order valence-corrected chi connectivity index (χ3v) is 3.74. The molecule has 3 N–H and O–H groups in total. The van der Waals surface area contributed by atoms with Gasteiger partial charge >= 0.3 is 0 Å². The molecule has 0 aliphatic carbocycles. The maximum atomic E-state index is 12.2. The van der Waals surface area contributed by atoms with E-state index in [-0.39, 0.29) is 18.4 Å². The molecular formula is C20H25N3O3. The van der Waals surface area contributed by atoms with Crippen molar-refractivity contribution in [3.05, 3.63) is 48.0 Å². The number of ether oxygens (including phenoxy) is 1. The third kappa shape index (κ3) is 5.81. The molecule has 26 heavy (non-hydrogen) atoms. The zero-order chi connectivity index (χ0) is 18.9. The van der Waals surface area contributed by atoms with Crippen LogP contribution in [0.15, 0.2) is 42.5 Å². The summed E-state index contributed by atoms with van der Waals surface area (Å²) in [6.45, 7) is 3.66. The molecule has 0 unspecified atom stereocenters. The lowest BCUT2D eigenvalue weighted by Gasteiger charge is -2.13. The van der Waals surface area contributed by atoms with Crippen molar-refractivity contribution in [2.45, 2.75) is 26.7 Å². The molecule has 2 amide bonds. The number of rotatable bonds is 8. The fourth-order valence-corrected chi connectivity index (χ4v) is 2.55. The van der Waals surface area contributed by atoms with Crippen LogP contribution in [0.5, 0.6) is 5.75 Å². The first kappa shape index (κ1) is 19.3. The van der Waals surface area contributed by atoms with Crippen LogP contribution in [0, 0.1) is 0 Å². The number of amides is 2. The van der Waals surface area contributed by atoms with E-state index < -0.39 is 0 Å². The van der Waals surface area contributed by atoms with Crippen molar-refractivity contribution in [3.8, 4) is 5.75 Å². The Balaban J connectivity index is 1.96. The number of anilines is 3. The van der Waals surface area contributed by atoms with Gasteiger partial charge in [-0.3, -0.25) is 9.59 Å². The highest BCUT2D eigenvalue weighted by molar-refractivity contribution is 5.94. The molecule has 0 fully saturated rings. The quantitative estimate of drug-likeness (QED) is 0.675. The monoisotopic (exact) mass is 355 g/mol. The highest BCUT2D eigenvalue weighted by Gasteiger charge is 2.08. The Kier molecular flexibility index (Phi) is 7.02. The molecule has 0 bridgehead atoms. The standard InChI is InChI=1S/C20H25N3O3/c1-4-5-15-6-8-16(9-7-15)23-20(25)13-21-18-12-17(22-14(2)24)10-11-19(18)26-3/h6-12,21H,4-5,13H2,1-3H3,(H,22,24)(H,23,25). The molecule has 0 aliphatic rings. The molecule has 0 aromatic heterocycles. The second kappa shape index (κ2) is 9.46. The number of benzene rings is 2. The Hall–Kier alpha value is -3.02. The third-order valence-electron chi connectivity index (χ3n) is 3.74. The molecule has 0 saturated heterocycles. The minimum absolute atomic E-state index is 0.0800. The normalized spacial score (nSPS) is 10.1. The van der Waals surface area contributed by atoms with Gasteiger partial charge in [-0.25, -0.2) is 0 Å². The predicted octanol–water partition coefficient (Wildman–Crippen LogP) is 3.66. The van der Waals surface area contributed by atoms with Crippen LogP contribution in [0.4, 0.5) is 17.1 Å². The summed E-state index contributed by atoms with van der Waals surface area (Å²) < 4.78 is 5.29. The highest BCUT2D eigenvalue weighted by atomic mass is 16.5. The fraction of sp³-hybridized carbons (Fsp3) is 0.300. The van der Waals surface area contributed by atoms with Gasteiger partial charge in [0.25, 0.3) is 0 Å². The van der Waals surface area contributed by atoms with Crippen molar-refractivity contribution in [1.82, 2.24) is 0 Å². The lowest BCUT2D eigenvalue weighted by atomic mass is 10.1. The largest absolute Gasteiger partial charge is 0.495 e. The van der Waals surface area contributed by atoms with Gasteiger partial charge in [-0.1, -0.05) is 25.5 Å². The topological polar surface area (TPSA) is 79.5 Å². The van der Waals surface area contributed by atoms with Gasteiger partial charge in [0.2, 0.25) is 11.8 Å². The van der Waals surface area contributed by atoms with Crippen molar-refractivity contribution in [3.63, 3.8) is 0 Å². The Bertz CT molecular complexity index is 757. The summed E-state index contributed by atoms with van der Waals surface area (Å²) in [7, 11) is 1.55. The molecule has 0 saturated carbocycles. The van der Waals surface area contributed by atoms with Crippen LogP contribution in [0.1, 0.15) is 25.8 Å². The maximum absolute atomic E-state index is 12.2. The Morgan fingerprint density at radius 1 is 1.00 bits per heavy atom. The van der Waals surface area contributed by atoms with E-state index in [0.717, 1.165) is 18.5 Å². The van der Waals surface area contributed by atoms with Crippen molar-refractivity contribution < 1.29 is 14.3 Å². The highest BCUT2D eigenvalue weighted by Crippen LogP contribution is 2.27. The van der Waals surface area contributed by atoms with Crippen molar-refractivity contribution in [2.75, 3.05) is 29.6 Å². The predicted molar refractivity (Wildman–Crippen MR) is 105 cm³/mol. The molecule has 138 valence electrons. The lowest BCUT2D eigenvalue weighted by Crippen LogP contribution is -2.22. The molecule has 6 nitrogen and oxygen atoms in total. The number of carbonyl (C=O) groups is 2. The Morgan fingerprint density at radius 2 is 1.69 bits per heavy atom. The summed E-state index contributed by atoms with van der Waals surface area (Å²) in [5.41, 5.74) is 3.28. The van der Waals surface area contributed by atoms with Gasteiger partial charge in [0.1, 0.15) is 5.75 Å². The molecule has 2 rings (SSSR count). The van der Waals surface area contributed by atoms with Gasteiger partial charge in [-0.05, 0) is 42.3 Å². The molecule has 0 spiro atoms. The number of hydrogen-bond acceptors (Lipinski definition) is 4. The van der Waals surface area contributed by atoms with Crippen LogP contribution in [0.25, 0.3) is 0 Å². The molecule has 0 radical (unpaired) electrons. The molecule has 6 heteroatoms. The molecule has 0 aliphatic heterocycles. The lowest BCUT2D eigenvalue weighted by molar-refractivity contribution is -0.115. The zero-order valence-electron chi connectivity index (χ0n) is 15.4. The van der Waals surface area contributed by atoms with E-state index in [1.165, 1.54) is 12.5 Å². The van der Waals surface area contributed by atoms with Gasteiger partial charge in [-0.2, -0.15) is 0 Å². The van der Waals surface area contributed by atoms with E-state index in [1.54, 1.807) is 25.3 Å². The fourth-order valence-electron chi connectivity index (χ4n) is 2.55. The van der Waals surface area contributed by atoms with Crippen molar-refractivity contribution >= 4 is 28.9 Å². The smallest absolute Gasteiger partial charge is 0.243 e. The summed E-state index contributed by atoms with van der Waals surface area (Å²) in [5, 5.41) is 8.60. The van der Waals surface area contributed by atoms with Crippen LogP contribution >= 0.6 is 0 Å². The average Bonchev–Trinajstić information content (AvgIpc) is 2.61. The summed E-state index contributed by atoms with van der Waals surface area (Å²) in [6.07, 6.45) is 2.12. The van der Waals surface area contributed by atoms with Crippen molar-refractivity contribution in [1.29, 1.82) is 0 Å². The number of methoxy groups -OCH3 is 1. The van der Waals surface area contributed by atoms with E-state index >= 15 is 0 Å². The maximum Gasteiger partial charge on any atom is 0.243 e. The van der Waals surface area contributed by atoms with Gasteiger partial charge in [0.05, 0.1) is 19.3 Å². The van der Waals surface area contributed by atoms with Crippen LogP contribution in [-0.4, -0.2) is 25.5 Å². The van der Waals surface area contributed by atoms with Crippen LogP contribution < -0.4 is 20.7 Å². The van der Waals surface area contributed by atoms with E-state index in [4.69, 9.17) is 4.74 Å². The van der Waals surface area contributed by atoms with E-state index in [9.17, 15) is 9.59 Å². The zero-order valence-corrected chi connectivity index (χ0v) is 15.4. The molecule has 2 aromatic carbocycles. The minimum atomic E-state index is -0.166. The summed E-state index contributed by atoms with van der Waals surface area (Å²) in [6, 6.07) is 13.1. The number of hydrogen-bond donors (Lipinski definition) is 3. The Morgan fingerprint density at radius 3 is 2.31 bits per heavy atom. The van der Waals surface area contributed by atoms with Gasteiger partial charge in [0.15, 0.2) is 0 Å². The van der Waals surface area contributed by atoms with E-state index in [2.05, 4.69) is 22.9 Å². The first-order chi connectivity index (χ1) is 12.5.